The Hall–Kier alpha value is -2.05. The highest BCUT2D eigenvalue weighted by atomic mass is 35.5. The number of hydrogen-bond acceptors (Lipinski definition) is 3. The molecular formula is C19H23ClN2O3S. The molecule has 0 fully saturated rings. The molecule has 0 radical (unpaired) electrons. The van der Waals surface area contributed by atoms with Crippen LogP contribution in [0.25, 0.3) is 0 Å². The number of nitrogens with one attached hydrogen (secondary N) is 1. The van der Waals surface area contributed by atoms with Gasteiger partial charge in [-0.25, -0.2) is 8.42 Å². The molecule has 0 aromatic heterocycles. The van der Waals surface area contributed by atoms with Gasteiger partial charge in [0.05, 0.1) is 10.6 Å². The van der Waals surface area contributed by atoms with E-state index in [-0.39, 0.29) is 23.4 Å². The van der Waals surface area contributed by atoms with Crippen LogP contribution >= 0.6 is 11.6 Å². The number of carbonyl (C=O) groups excluding carboxylic acids is 1. The summed E-state index contributed by atoms with van der Waals surface area (Å²) in [6.07, 6.45) is 0.757. The van der Waals surface area contributed by atoms with Crippen molar-refractivity contribution in [2.45, 2.75) is 38.1 Å². The van der Waals surface area contributed by atoms with E-state index in [9.17, 15) is 13.2 Å². The number of hydrogen-bond donors (Lipinski definition) is 1. The van der Waals surface area contributed by atoms with Crippen LogP contribution in [0.1, 0.15) is 25.8 Å². The Balaban J connectivity index is 2.44. The van der Waals surface area contributed by atoms with Crippen LogP contribution in [0.15, 0.2) is 53.4 Å². The van der Waals surface area contributed by atoms with E-state index in [0.717, 1.165) is 16.3 Å². The maximum Gasteiger partial charge on any atom is 0.264 e. The SMILES string of the molecule is CCC(C)NC(=O)CN(c1ccc(C)c(Cl)c1)S(=O)(=O)c1ccccc1. The fourth-order valence-corrected chi connectivity index (χ4v) is 3.93. The second-order valence-electron chi connectivity index (χ2n) is 6.14. The first kappa shape index (κ1) is 20.3. The third kappa shape index (κ3) is 4.77. The lowest BCUT2D eigenvalue weighted by Gasteiger charge is -2.25. The number of amides is 1. The summed E-state index contributed by atoms with van der Waals surface area (Å²) in [5, 5.41) is 3.24. The second kappa shape index (κ2) is 8.56. The molecule has 0 bridgehead atoms. The fraction of sp³-hybridized carbons (Fsp3) is 0.316. The molecule has 0 heterocycles. The van der Waals surface area contributed by atoms with Crippen LogP contribution in [-0.2, 0) is 14.8 Å². The number of sulfonamides is 1. The van der Waals surface area contributed by atoms with Crippen molar-refractivity contribution in [1.29, 1.82) is 0 Å². The van der Waals surface area contributed by atoms with Crippen molar-refractivity contribution in [2.24, 2.45) is 0 Å². The van der Waals surface area contributed by atoms with E-state index in [1.165, 1.54) is 12.1 Å². The van der Waals surface area contributed by atoms with Gasteiger partial charge in [-0.2, -0.15) is 0 Å². The average Bonchev–Trinajstić information content (AvgIpc) is 2.62. The number of aryl methyl sites for hydroxylation is 1. The van der Waals surface area contributed by atoms with E-state index in [2.05, 4.69) is 5.32 Å². The molecule has 140 valence electrons. The van der Waals surface area contributed by atoms with Gasteiger partial charge in [-0.15, -0.1) is 0 Å². The van der Waals surface area contributed by atoms with E-state index in [1.807, 2.05) is 20.8 Å². The Labute approximate surface area is 160 Å². The van der Waals surface area contributed by atoms with Crippen LogP contribution < -0.4 is 9.62 Å². The van der Waals surface area contributed by atoms with E-state index in [1.54, 1.807) is 36.4 Å². The van der Waals surface area contributed by atoms with Gasteiger partial charge < -0.3 is 5.32 Å². The summed E-state index contributed by atoms with van der Waals surface area (Å²) < 4.78 is 27.3. The molecule has 0 aliphatic rings. The Morgan fingerprint density at radius 3 is 2.42 bits per heavy atom. The predicted octanol–water partition coefficient (Wildman–Crippen LogP) is 3.76. The highest BCUT2D eigenvalue weighted by Gasteiger charge is 2.27. The minimum absolute atomic E-state index is 0.0367. The molecule has 7 heteroatoms. The van der Waals surface area contributed by atoms with E-state index < -0.39 is 10.0 Å². The molecule has 2 aromatic rings. The number of rotatable bonds is 7. The first-order chi connectivity index (χ1) is 12.3. The van der Waals surface area contributed by atoms with E-state index in [0.29, 0.717) is 10.7 Å². The lowest BCUT2D eigenvalue weighted by molar-refractivity contribution is -0.120. The molecule has 1 unspecified atom stereocenters. The molecule has 5 nitrogen and oxygen atoms in total. The van der Waals surface area contributed by atoms with Crippen LogP contribution in [0.2, 0.25) is 5.02 Å². The normalized spacial score (nSPS) is 12.5. The molecular weight excluding hydrogens is 372 g/mol. The van der Waals surface area contributed by atoms with Gasteiger partial charge in [0.1, 0.15) is 6.54 Å². The van der Waals surface area contributed by atoms with Crippen LogP contribution in [0.4, 0.5) is 5.69 Å². The van der Waals surface area contributed by atoms with Crippen LogP contribution in [0.5, 0.6) is 0 Å². The van der Waals surface area contributed by atoms with Crippen molar-refractivity contribution in [2.75, 3.05) is 10.8 Å². The van der Waals surface area contributed by atoms with Gasteiger partial charge in [-0.3, -0.25) is 9.10 Å². The van der Waals surface area contributed by atoms with Gasteiger partial charge in [0.25, 0.3) is 10.0 Å². The van der Waals surface area contributed by atoms with Crippen molar-refractivity contribution in [3.8, 4) is 0 Å². The Bertz CT molecular complexity index is 870. The molecule has 26 heavy (non-hydrogen) atoms. The van der Waals surface area contributed by atoms with E-state index >= 15 is 0 Å². The minimum Gasteiger partial charge on any atom is -0.352 e. The average molecular weight is 395 g/mol. The summed E-state index contributed by atoms with van der Waals surface area (Å²) >= 11 is 6.18. The van der Waals surface area contributed by atoms with Gasteiger partial charge in [0.2, 0.25) is 5.91 Å². The van der Waals surface area contributed by atoms with Gasteiger partial charge in [0.15, 0.2) is 0 Å². The number of anilines is 1. The predicted molar refractivity (Wildman–Crippen MR) is 105 cm³/mol. The van der Waals surface area contributed by atoms with Crippen LogP contribution in [0.3, 0.4) is 0 Å². The molecule has 0 saturated heterocycles. The van der Waals surface area contributed by atoms with Crippen molar-refractivity contribution in [1.82, 2.24) is 5.32 Å². The quantitative estimate of drug-likeness (QED) is 0.777. The van der Waals surface area contributed by atoms with Crippen molar-refractivity contribution in [3.63, 3.8) is 0 Å². The Kier molecular flexibility index (Phi) is 6.67. The third-order valence-electron chi connectivity index (χ3n) is 4.08. The second-order valence-corrected chi connectivity index (χ2v) is 8.40. The number of benzene rings is 2. The monoisotopic (exact) mass is 394 g/mol. The fourth-order valence-electron chi connectivity index (χ4n) is 2.32. The van der Waals surface area contributed by atoms with Gasteiger partial charge in [-0.1, -0.05) is 42.8 Å². The molecule has 0 aliphatic heterocycles. The number of nitrogens with zero attached hydrogens (tertiary/aromatic N) is 1. The highest BCUT2D eigenvalue weighted by molar-refractivity contribution is 7.92. The minimum atomic E-state index is -3.91. The lowest BCUT2D eigenvalue weighted by atomic mass is 10.2. The summed E-state index contributed by atoms with van der Waals surface area (Å²) in [5.41, 5.74) is 1.18. The lowest BCUT2D eigenvalue weighted by Crippen LogP contribution is -2.43. The summed E-state index contributed by atoms with van der Waals surface area (Å²) in [4.78, 5) is 12.5. The molecule has 1 N–H and O–H groups in total. The largest absolute Gasteiger partial charge is 0.352 e. The molecule has 0 aliphatic carbocycles. The smallest absolute Gasteiger partial charge is 0.264 e. The number of carbonyl (C=O) groups is 1. The van der Waals surface area contributed by atoms with Crippen LogP contribution in [-0.4, -0.2) is 26.9 Å². The molecule has 2 rings (SSSR count). The first-order valence-electron chi connectivity index (χ1n) is 8.39. The Morgan fingerprint density at radius 1 is 1.19 bits per heavy atom. The number of halogens is 1. The van der Waals surface area contributed by atoms with Crippen molar-refractivity contribution in [3.05, 3.63) is 59.1 Å². The van der Waals surface area contributed by atoms with Gasteiger partial charge in [-0.05, 0) is 50.1 Å². The highest BCUT2D eigenvalue weighted by Crippen LogP contribution is 2.27. The maximum absolute atomic E-state index is 13.1. The van der Waals surface area contributed by atoms with Crippen LogP contribution in [0, 0.1) is 6.92 Å². The standard InChI is InChI=1S/C19H23ClN2O3S/c1-4-15(3)21-19(23)13-22(16-11-10-14(2)18(20)12-16)26(24,25)17-8-6-5-7-9-17/h5-12,15H,4,13H2,1-3H3,(H,21,23). The summed E-state index contributed by atoms with van der Waals surface area (Å²) in [6.45, 7) is 5.33. The Morgan fingerprint density at radius 2 is 1.85 bits per heavy atom. The molecule has 1 amide bonds. The van der Waals surface area contributed by atoms with Gasteiger partial charge in [0, 0.05) is 11.1 Å². The zero-order chi connectivity index (χ0) is 19.3. The van der Waals surface area contributed by atoms with Crippen molar-refractivity contribution < 1.29 is 13.2 Å². The van der Waals surface area contributed by atoms with Crippen molar-refractivity contribution >= 4 is 33.2 Å². The van der Waals surface area contributed by atoms with E-state index in [4.69, 9.17) is 11.6 Å². The topological polar surface area (TPSA) is 66.5 Å². The molecule has 0 saturated carbocycles. The molecule has 2 aromatic carbocycles. The third-order valence-corrected chi connectivity index (χ3v) is 6.28. The summed E-state index contributed by atoms with van der Waals surface area (Å²) in [5.74, 6) is -0.365. The first-order valence-corrected chi connectivity index (χ1v) is 10.2. The summed E-state index contributed by atoms with van der Waals surface area (Å²) in [7, 11) is -3.91. The molecule has 1 atom stereocenters. The van der Waals surface area contributed by atoms with Gasteiger partial charge >= 0.3 is 0 Å². The molecule has 0 spiro atoms. The maximum atomic E-state index is 13.1. The summed E-state index contributed by atoms with van der Waals surface area (Å²) in [6, 6.07) is 12.9. The zero-order valence-electron chi connectivity index (χ0n) is 15.1. The zero-order valence-corrected chi connectivity index (χ0v) is 16.6.